The Morgan fingerprint density at radius 3 is 2.94 bits per heavy atom. The Balaban J connectivity index is 2.28. The molecule has 1 heterocycles. The zero-order valence-corrected chi connectivity index (χ0v) is 10.9. The average Bonchev–Trinajstić information content (AvgIpc) is 2.44. The van der Waals surface area contributed by atoms with E-state index < -0.39 is 6.10 Å². The summed E-state index contributed by atoms with van der Waals surface area (Å²) in [7, 11) is 1.55. The number of fused-ring (bicyclic) bond motifs is 1. The zero-order valence-electron chi connectivity index (χ0n) is 10.9. The Bertz CT molecular complexity index is 434. The lowest BCUT2D eigenvalue weighted by molar-refractivity contribution is -0.143. The lowest BCUT2D eigenvalue weighted by Crippen LogP contribution is -2.47. The minimum absolute atomic E-state index is 0.0162. The summed E-state index contributed by atoms with van der Waals surface area (Å²) < 4.78 is 5.11. The first-order valence-electron chi connectivity index (χ1n) is 6.30. The fraction of sp³-hybridized carbons (Fsp3) is 0.500. The van der Waals surface area contributed by atoms with Crippen molar-refractivity contribution in [3.63, 3.8) is 0 Å². The van der Waals surface area contributed by atoms with Crippen LogP contribution >= 0.6 is 0 Å². The van der Waals surface area contributed by atoms with Gasteiger partial charge in [-0.05, 0) is 24.5 Å². The van der Waals surface area contributed by atoms with Gasteiger partial charge in [0.05, 0.1) is 6.04 Å². The minimum atomic E-state index is -0.413. The van der Waals surface area contributed by atoms with E-state index in [9.17, 15) is 4.79 Å². The van der Waals surface area contributed by atoms with Crippen LogP contribution in [-0.2, 0) is 16.0 Å². The minimum Gasteiger partial charge on any atom is -0.372 e. The van der Waals surface area contributed by atoms with E-state index in [1.54, 1.807) is 14.0 Å². The van der Waals surface area contributed by atoms with Gasteiger partial charge in [-0.25, -0.2) is 0 Å². The summed E-state index contributed by atoms with van der Waals surface area (Å²) >= 11 is 0. The third-order valence-electron chi connectivity index (χ3n) is 3.62. The SMILES string of the molecule is COC(C)C(=O)N1CCc2ccccc2C1CN. The molecule has 0 aliphatic carbocycles. The molecule has 0 aromatic heterocycles. The standard InChI is InChI=1S/C14H20N2O2/c1-10(18-2)14(17)16-8-7-11-5-3-4-6-12(11)13(16)9-15/h3-6,10,13H,7-9,15H2,1-2H3. The molecule has 18 heavy (non-hydrogen) atoms. The Hall–Kier alpha value is -1.39. The van der Waals surface area contributed by atoms with Crippen molar-refractivity contribution in [2.45, 2.75) is 25.5 Å². The quantitative estimate of drug-likeness (QED) is 0.871. The van der Waals surface area contributed by atoms with Gasteiger partial charge in [0.1, 0.15) is 6.10 Å². The third-order valence-corrected chi connectivity index (χ3v) is 3.62. The molecule has 98 valence electrons. The van der Waals surface area contributed by atoms with Gasteiger partial charge in [-0.2, -0.15) is 0 Å². The molecule has 1 aliphatic heterocycles. The Morgan fingerprint density at radius 1 is 1.56 bits per heavy atom. The molecular formula is C14H20N2O2. The Kier molecular flexibility index (Phi) is 3.99. The molecule has 2 unspecified atom stereocenters. The van der Waals surface area contributed by atoms with Gasteiger partial charge >= 0.3 is 0 Å². The Labute approximate surface area is 108 Å². The van der Waals surface area contributed by atoms with E-state index in [0.29, 0.717) is 13.1 Å². The number of nitrogens with zero attached hydrogens (tertiary/aromatic N) is 1. The van der Waals surface area contributed by atoms with Gasteiger partial charge in [0, 0.05) is 20.2 Å². The second-order valence-corrected chi connectivity index (χ2v) is 4.61. The fourth-order valence-electron chi connectivity index (χ4n) is 2.50. The molecule has 0 radical (unpaired) electrons. The van der Waals surface area contributed by atoms with Crippen LogP contribution in [0, 0.1) is 0 Å². The summed E-state index contributed by atoms with van der Waals surface area (Å²) in [4.78, 5) is 14.1. The normalized spacial score (nSPS) is 20.4. The number of nitrogens with two attached hydrogens (primary N) is 1. The van der Waals surface area contributed by atoms with Gasteiger partial charge in [-0.15, -0.1) is 0 Å². The van der Waals surface area contributed by atoms with Gasteiger partial charge in [-0.3, -0.25) is 4.79 Å². The van der Waals surface area contributed by atoms with E-state index >= 15 is 0 Å². The van der Waals surface area contributed by atoms with Crippen LogP contribution in [0.15, 0.2) is 24.3 Å². The molecule has 2 atom stereocenters. The molecule has 1 aromatic rings. The number of carbonyl (C=O) groups is 1. The lowest BCUT2D eigenvalue weighted by Gasteiger charge is -2.37. The first-order valence-corrected chi connectivity index (χ1v) is 6.30. The molecule has 2 N–H and O–H groups in total. The van der Waals surface area contributed by atoms with Crippen molar-refractivity contribution in [3.05, 3.63) is 35.4 Å². The molecule has 2 rings (SSSR count). The van der Waals surface area contributed by atoms with Crippen LogP contribution in [0.1, 0.15) is 24.1 Å². The van der Waals surface area contributed by atoms with Gasteiger partial charge in [0.2, 0.25) is 0 Å². The van der Waals surface area contributed by atoms with E-state index in [1.807, 2.05) is 17.0 Å². The van der Waals surface area contributed by atoms with Crippen molar-refractivity contribution < 1.29 is 9.53 Å². The van der Waals surface area contributed by atoms with Crippen LogP contribution < -0.4 is 5.73 Å². The molecule has 0 spiro atoms. The van der Waals surface area contributed by atoms with Crippen molar-refractivity contribution >= 4 is 5.91 Å². The van der Waals surface area contributed by atoms with Gasteiger partial charge in [-0.1, -0.05) is 24.3 Å². The molecular weight excluding hydrogens is 228 g/mol. The maximum atomic E-state index is 12.3. The molecule has 1 aliphatic rings. The zero-order chi connectivity index (χ0) is 13.1. The second kappa shape index (κ2) is 5.50. The molecule has 4 heteroatoms. The van der Waals surface area contributed by atoms with Crippen molar-refractivity contribution in [1.29, 1.82) is 0 Å². The molecule has 0 saturated heterocycles. The van der Waals surface area contributed by atoms with Crippen LogP contribution in [-0.4, -0.2) is 37.1 Å². The summed E-state index contributed by atoms with van der Waals surface area (Å²) in [6.07, 6.45) is 0.471. The van der Waals surface area contributed by atoms with Gasteiger partial charge in [0.25, 0.3) is 5.91 Å². The number of amides is 1. The number of benzene rings is 1. The number of methoxy groups -OCH3 is 1. The predicted octanol–water partition coefficient (Wildman–Crippen LogP) is 1.11. The van der Waals surface area contributed by atoms with E-state index in [4.69, 9.17) is 10.5 Å². The molecule has 1 aromatic carbocycles. The monoisotopic (exact) mass is 248 g/mol. The summed E-state index contributed by atoms with van der Waals surface area (Å²) in [5.74, 6) is 0.0162. The van der Waals surface area contributed by atoms with E-state index in [2.05, 4.69) is 12.1 Å². The largest absolute Gasteiger partial charge is 0.372 e. The molecule has 4 nitrogen and oxygen atoms in total. The van der Waals surface area contributed by atoms with Crippen LogP contribution in [0.25, 0.3) is 0 Å². The van der Waals surface area contributed by atoms with Crippen LogP contribution in [0.5, 0.6) is 0 Å². The van der Waals surface area contributed by atoms with E-state index in [0.717, 1.165) is 6.42 Å². The van der Waals surface area contributed by atoms with Crippen molar-refractivity contribution in [2.75, 3.05) is 20.2 Å². The number of hydrogen-bond acceptors (Lipinski definition) is 3. The van der Waals surface area contributed by atoms with Crippen LogP contribution in [0.4, 0.5) is 0 Å². The maximum Gasteiger partial charge on any atom is 0.251 e. The highest BCUT2D eigenvalue weighted by Crippen LogP contribution is 2.29. The van der Waals surface area contributed by atoms with Crippen molar-refractivity contribution in [1.82, 2.24) is 4.90 Å². The van der Waals surface area contributed by atoms with Crippen LogP contribution in [0.3, 0.4) is 0 Å². The third kappa shape index (κ3) is 2.26. The smallest absolute Gasteiger partial charge is 0.251 e. The molecule has 0 bridgehead atoms. The molecule has 0 saturated carbocycles. The van der Waals surface area contributed by atoms with E-state index in [-0.39, 0.29) is 11.9 Å². The number of hydrogen-bond donors (Lipinski definition) is 1. The molecule has 0 fully saturated rings. The summed E-state index contributed by atoms with van der Waals surface area (Å²) in [5.41, 5.74) is 8.32. The first kappa shape index (κ1) is 13.1. The van der Waals surface area contributed by atoms with Crippen molar-refractivity contribution in [3.8, 4) is 0 Å². The topological polar surface area (TPSA) is 55.6 Å². The lowest BCUT2D eigenvalue weighted by atomic mass is 9.92. The number of rotatable bonds is 3. The van der Waals surface area contributed by atoms with E-state index in [1.165, 1.54) is 11.1 Å². The van der Waals surface area contributed by atoms with Gasteiger partial charge < -0.3 is 15.4 Å². The predicted molar refractivity (Wildman–Crippen MR) is 70.1 cm³/mol. The summed E-state index contributed by atoms with van der Waals surface area (Å²) in [6, 6.07) is 8.17. The Morgan fingerprint density at radius 2 is 2.28 bits per heavy atom. The van der Waals surface area contributed by atoms with Crippen LogP contribution in [0.2, 0.25) is 0 Å². The number of ether oxygens (including phenoxy) is 1. The molecule has 1 amide bonds. The highest BCUT2D eigenvalue weighted by Gasteiger charge is 2.31. The highest BCUT2D eigenvalue weighted by molar-refractivity contribution is 5.81. The average molecular weight is 248 g/mol. The highest BCUT2D eigenvalue weighted by atomic mass is 16.5. The number of carbonyl (C=O) groups excluding carboxylic acids is 1. The summed E-state index contributed by atoms with van der Waals surface area (Å²) in [5, 5.41) is 0. The maximum absolute atomic E-state index is 12.3. The summed E-state index contributed by atoms with van der Waals surface area (Å²) in [6.45, 7) is 2.93. The van der Waals surface area contributed by atoms with Gasteiger partial charge in [0.15, 0.2) is 0 Å². The first-order chi connectivity index (χ1) is 8.69. The second-order valence-electron chi connectivity index (χ2n) is 4.61. The van der Waals surface area contributed by atoms with Crippen molar-refractivity contribution in [2.24, 2.45) is 5.73 Å². The fourth-order valence-corrected chi connectivity index (χ4v) is 2.50.